The van der Waals surface area contributed by atoms with Crippen LogP contribution in [0.4, 0.5) is 5.82 Å². The quantitative estimate of drug-likeness (QED) is 0.265. The molecule has 0 radical (unpaired) electrons. The third-order valence-corrected chi connectivity index (χ3v) is 8.23. The monoisotopic (exact) mass is 580 g/mol. The second-order valence-corrected chi connectivity index (χ2v) is 12.6. The molecule has 9 nitrogen and oxygen atoms in total. The Balaban J connectivity index is 1.40. The largest absolute Gasteiger partial charge is 0.460 e. The second-order valence-electron chi connectivity index (χ2n) is 11.2. The number of carbonyl (C=O) groups excluding carboxylic acids is 2. The number of aromatic amines is 1. The van der Waals surface area contributed by atoms with Crippen molar-refractivity contribution in [2.45, 2.75) is 58.1 Å². The molecule has 1 atom stereocenters. The molecule has 5 rings (SSSR count). The Bertz CT molecular complexity index is 1460. The number of anilines is 1. The van der Waals surface area contributed by atoms with Crippen molar-refractivity contribution in [1.29, 1.82) is 0 Å². The number of esters is 1. The summed E-state index contributed by atoms with van der Waals surface area (Å²) in [6, 6.07) is 9.09. The van der Waals surface area contributed by atoms with E-state index in [1.165, 1.54) is 0 Å². The summed E-state index contributed by atoms with van der Waals surface area (Å²) in [4.78, 5) is 45.9. The van der Waals surface area contributed by atoms with E-state index in [1.807, 2.05) is 62.7 Å². The number of piperidine rings is 1. The molecule has 0 spiro atoms. The van der Waals surface area contributed by atoms with Gasteiger partial charge in [-0.3, -0.25) is 9.59 Å². The van der Waals surface area contributed by atoms with Crippen LogP contribution in [0.3, 0.4) is 0 Å². The van der Waals surface area contributed by atoms with E-state index in [1.54, 1.807) is 23.9 Å². The van der Waals surface area contributed by atoms with Gasteiger partial charge in [-0.1, -0.05) is 23.7 Å². The third kappa shape index (κ3) is 6.45. The van der Waals surface area contributed by atoms with Crippen molar-refractivity contribution < 1.29 is 14.3 Å². The molecule has 4 heterocycles. The van der Waals surface area contributed by atoms with Gasteiger partial charge in [-0.25, -0.2) is 15.0 Å². The Morgan fingerprint density at radius 2 is 1.90 bits per heavy atom. The highest BCUT2D eigenvalue weighted by molar-refractivity contribution is 7.09. The van der Waals surface area contributed by atoms with E-state index >= 15 is 0 Å². The van der Waals surface area contributed by atoms with E-state index in [4.69, 9.17) is 16.3 Å². The lowest BCUT2D eigenvalue weighted by Crippen LogP contribution is -2.51. The van der Waals surface area contributed by atoms with Crippen LogP contribution in [0.2, 0.25) is 5.02 Å². The minimum atomic E-state index is -0.934. The highest BCUT2D eigenvalue weighted by Crippen LogP contribution is 2.39. The molecule has 1 saturated heterocycles. The van der Waals surface area contributed by atoms with Crippen molar-refractivity contribution in [3.8, 4) is 0 Å². The van der Waals surface area contributed by atoms with Gasteiger partial charge < -0.3 is 19.9 Å². The molecule has 1 unspecified atom stereocenters. The first kappa shape index (κ1) is 28.0. The van der Waals surface area contributed by atoms with Crippen molar-refractivity contribution >= 4 is 51.7 Å². The van der Waals surface area contributed by atoms with Crippen molar-refractivity contribution in [3.05, 3.63) is 70.0 Å². The fourth-order valence-electron chi connectivity index (χ4n) is 5.18. The smallest absolute Gasteiger partial charge is 0.307 e. The number of hydrogen-bond donors (Lipinski definition) is 2. The first-order valence-electron chi connectivity index (χ1n) is 13.3. The second kappa shape index (κ2) is 11.5. The molecule has 1 aliphatic rings. The Kier molecular flexibility index (Phi) is 8.09. The third-order valence-electron chi connectivity index (χ3n) is 7.18. The zero-order valence-electron chi connectivity index (χ0n) is 22.8. The molecule has 40 heavy (non-hydrogen) atoms. The van der Waals surface area contributed by atoms with Crippen LogP contribution in [-0.2, 0) is 20.7 Å². The van der Waals surface area contributed by atoms with Gasteiger partial charge in [-0.05, 0) is 57.4 Å². The summed E-state index contributed by atoms with van der Waals surface area (Å²) < 4.78 is 5.68. The van der Waals surface area contributed by atoms with Crippen LogP contribution < -0.4 is 10.2 Å². The molecular weight excluding hydrogens is 548 g/mol. The molecule has 0 saturated carbocycles. The van der Waals surface area contributed by atoms with Gasteiger partial charge in [-0.2, -0.15) is 0 Å². The van der Waals surface area contributed by atoms with Crippen molar-refractivity contribution in [1.82, 2.24) is 25.3 Å². The average molecular weight is 581 g/mol. The minimum absolute atomic E-state index is 0.00211. The fourth-order valence-corrected chi connectivity index (χ4v) is 5.97. The summed E-state index contributed by atoms with van der Waals surface area (Å²) in [6.07, 6.45) is 6.61. The maximum Gasteiger partial charge on any atom is 0.307 e. The fraction of sp³-hybridized carbons (Fsp3) is 0.414. The molecule has 0 bridgehead atoms. The van der Waals surface area contributed by atoms with E-state index < -0.39 is 11.0 Å². The molecule has 1 aliphatic heterocycles. The number of hydrogen-bond acceptors (Lipinski definition) is 8. The Hall–Kier alpha value is -3.50. The molecule has 11 heteroatoms. The van der Waals surface area contributed by atoms with Gasteiger partial charge in [0.15, 0.2) is 0 Å². The number of rotatable bonds is 8. The van der Waals surface area contributed by atoms with E-state index in [2.05, 4.69) is 30.2 Å². The number of carbonyl (C=O) groups is 2. The number of nitrogens with zero attached hydrogens (tertiary/aromatic N) is 4. The number of amides is 1. The summed E-state index contributed by atoms with van der Waals surface area (Å²) in [5.41, 5.74) is 0.110. The summed E-state index contributed by atoms with van der Waals surface area (Å²) >= 11 is 7.69. The maximum absolute atomic E-state index is 14.2. The maximum atomic E-state index is 14.2. The molecule has 2 N–H and O–H groups in total. The number of thiazole rings is 1. The average Bonchev–Trinajstić information content (AvgIpc) is 3.60. The highest BCUT2D eigenvalue weighted by atomic mass is 35.5. The number of halogens is 1. The normalized spacial score (nSPS) is 16.1. The van der Waals surface area contributed by atoms with E-state index in [0.717, 1.165) is 27.4 Å². The van der Waals surface area contributed by atoms with E-state index in [9.17, 15) is 9.59 Å². The number of nitrogens with one attached hydrogen (secondary N) is 2. The zero-order valence-corrected chi connectivity index (χ0v) is 24.4. The van der Waals surface area contributed by atoms with Crippen LogP contribution in [0.25, 0.3) is 11.0 Å². The molecule has 1 aromatic carbocycles. The van der Waals surface area contributed by atoms with Gasteiger partial charge in [-0.15, -0.1) is 11.3 Å². The van der Waals surface area contributed by atoms with Gasteiger partial charge in [0.2, 0.25) is 5.91 Å². The number of H-pyrrole nitrogens is 1. The summed E-state index contributed by atoms with van der Waals surface area (Å²) in [7, 11) is 0. The van der Waals surface area contributed by atoms with Gasteiger partial charge in [0, 0.05) is 42.3 Å². The zero-order chi connectivity index (χ0) is 28.3. The van der Waals surface area contributed by atoms with E-state index in [-0.39, 0.29) is 24.3 Å². The lowest BCUT2D eigenvalue weighted by molar-refractivity contribution is -0.161. The lowest BCUT2D eigenvalue weighted by atomic mass is 9.74. The first-order chi connectivity index (χ1) is 19.1. The highest BCUT2D eigenvalue weighted by Gasteiger charge is 2.45. The van der Waals surface area contributed by atoms with Crippen LogP contribution in [0.15, 0.2) is 54.4 Å². The molecule has 1 fully saturated rings. The van der Waals surface area contributed by atoms with Crippen LogP contribution in [-0.4, -0.2) is 50.5 Å². The lowest BCUT2D eigenvalue weighted by Gasteiger charge is -2.41. The van der Waals surface area contributed by atoms with Crippen molar-refractivity contribution in [3.63, 3.8) is 0 Å². The van der Waals surface area contributed by atoms with Crippen molar-refractivity contribution in [2.24, 2.45) is 5.41 Å². The van der Waals surface area contributed by atoms with Crippen LogP contribution in [0.1, 0.15) is 56.6 Å². The van der Waals surface area contributed by atoms with Gasteiger partial charge in [0.1, 0.15) is 23.4 Å². The van der Waals surface area contributed by atoms with E-state index in [0.29, 0.717) is 37.4 Å². The number of aromatic nitrogens is 4. The summed E-state index contributed by atoms with van der Waals surface area (Å²) in [6.45, 7) is 6.63. The molecular formula is C29H33ClN6O3S. The van der Waals surface area contributed by atoms with Crippen LogP contribution in [0.5, 0.6) is 0 Å². The molecule has 0 aliphatic carbocycles. The number of fused-ring (bicyclic) bond motifs is 1. The van der Waals surface area contributed by atoms with Crippen LogP contribution in [0, 0.1) is 5.41 Å². The SMILES string of the molecule is CC(C)(C)OC(=O)CC1(C(=O)NC(Cc2nccs2)c2ccc(Cl)cc2)CCN(c2ncnc3[nH]ccc23)CC1. The summed E-state index contributed by atoms with van der Waals surface area (Å²) in [5, 5.41) is 7.66. The topological polar surface area (TPSA) is 113 Å². The number of benzene rings is 1. The number of ether oxygens (including phenoxy) is 1. The standard InChI is InChI=1S/C29H33ClN6O3S/c1-28(2,3)39-24(37)17-29(9-13-36(14-10-29)26-21-8-11-32-25(21)33-18-34-26)27(38)35-22(16-23-31-12-15-40-23)19-4-6-20(30)7-5-19/h4-8,11-12,15,18,22H,9-10,13-14,16-17H2,1-3H3,(H,35,38)(H,32,33,34). The van der Waals surface area contributed by atoms with Gasteiger partial charge >= 0.3 is 5.97 Å². The molecule has 210 valence electrons. The van der Waals surface area contributed by atoms with Gasteiger partial charge in [0.05, 0.1) is 28.3 Å². The Labute approximate surface area is 242 Å². The molecule has 1 amide bonds. The van der Waals surface area contributed by atoms with Crippen molar-refractivity contribution in [2.75, 3.05) is 18.0 Å². The molecule has 3 aromatic heterocycles. The van der Waals surface area contributed by atoms with Gasteiger partial charge in [0.25, 0.3) is 0 Å². The predicted octanol–water partition coefficient (Wildman–Crippen LogP) is 5.49. The summed E-state index contributed by atoms with van der Waals surface area (Å²) in [5.74, 6) is 0.276. The predicted molar refractivity (Wildman–Crippen MR) is 156 cm³/mol. The Morgan fingerprint density at radius 1 is 1.15 bits per heavy atom. The Morgan fingerprint density at radius 3 is 2.58 bits per heavy atom. The van der Waals surface area contributed by atoms with Crippen LogP contribution >= 0.6 is 22.9 Å². The first-order valence-corrected chi connectivity index (χ1v) is 14.6. The molecule has 4 aromatic rings. The minimum Gasteiger partial charge on any atom is -0.460 e.